The second kappa shape index (κ2) is 11.4. The zero-order chi connectivity index (χ0) is 33.0. The molecule has 0 radical (unpaired) electrons. The molecule has 0 aliphatic rings. The van der Waals surface area contributed by atoms with Crippen LogP contribution in [0.1, 0.15) is 0 Å². The van der Waals surface area contributed by atoms with Crippen molar-refractivity contribution >= 4 is 43.7 Å². The third kappa shape index (κ3) is 4.60. The molecule has 0 amide bonds. The average Bonchev–Trinajstić information content (AvgIpc) is 3.74. The van der Waals surface area contributed by atoms with Crippen LogP contribution in [-0.4, -0.2) is 19.5 Å². The summed E-state index contributed by atoms with van der Waals surface area (Å²) in [6.45, 7) is 0. The summed E-state index contributed by atoms with van der Waals surface area (Å²) in [5, 5.41) is 4.55. The van der Waals surface area contributed by atoms with Crippen LogP contribution in [0.4, 0.5) is 0 Å². The molecule has 0 bridgehead atoms. The largest absolute Gasteiger partial charge is 0.456 e. The van der Waals surface area contributed by atoms with Gasteiger partial charge in [-0.2, -0.15) is 0 Å². The van der Waals surface area contributed by atoms with E-state index >= 15 is 0 Å². The Labute approximate surface area is 287 Å². The lowest BCUT2D eigenvalue weighted by Crippen LogP contribution is -2.00. The molecule has 0 spiro atoms. The van der Waals surface area contributed by atoms with E-state index in [1.807, 2.05) is 60.7 Å². The van der Waals surface area contributed by atoms with Crippen LogP contribution in [0.2, 0.25) is 0 Å². The van der Waals surface area contributed by atoms with Crippen LogP contribution < -0.4 is 0 Å². The van der Waals surface area contributed by atoms with Gasteiger partial charge in [-0.25, -0.2) is 15.0 Å². The summed E-state index contributed by atoms with van der Waals surface area (Å²) in [5.74, 6) is 1.85. The maximum Gasteiger partial charge on any atom is 0.164 e. The SMILES string of the molecule is c1ccc(-c2nc(-c3ccc(-c4ccc(-n5c6ccccc6c6ccccc65)cc4)cc3)nc(-c3cccc4oc5ccccc5c34)n2)cc1. The van der Waals surface area contributed by atoms with E-state index in [1.54, 1.807) is 0 Å². The number of nitrogens with zero attached hydrogens (tertiary/aromatic N) is 4. The van der Waals surface area contributed by atoms with Gasteiger partial charge in [0.15, 0.2) is 17.5 Å². The quantitative estimate of drug-likeness (QED) is 0.188. The second-order valence-electron chi connectivity index (χ2n) is 12.4. The van der Waals surface area contributed by atoms with Crippen molar-refractivity contribution in [2.24, 2.45) is 0 Å². The minimum absolute atomic E-state index is 0.607. The number of rotatable bonds is 5. The minimum atomic E-state index is 0.607. The normalized spacial score (nSPS) is 11.6. The molecule has 5 nitrogen and oxygen atoms in total. The van der Waals surface area contributed by atoms with Crippen molar-refractivity contribution < 1.29 is 4.42 Å². The molecule has 0 unspecified atom stereocenters. The Morgan fingerprint density at radius 2 is 0.860 bits per heavy atom. The molecule has 5 heteroatoms. The van der Waals surface area contributed by atoms with Crippen LogP contribution in [0.5, 0.6) is 0 Å². The van der Waals surface area contributed by atoms with E-state index in [0.717, 1.165) is 55.4 Å². The number of furan rings is 1. The van der Waals surface area contributed by atoms with E-state index in [9.17, 15) is 0 Å². The first kappa shape index (κ1) is 28.2. The molecule has 3 heterocycles. The topological polar surface area (TPSA) is 56.7 Å². The lowest BCUT2D eigenvalue weighted by Gasteiger charge is -2.11. The highest BCUT2D eigenvalue weighted by molar-refractivity contribution is 6.12. The van der Waals surface area contributed by atoms with Crippen molar-refractivity contribution in [3.05, 3.63) is 170 Å². The Kier molecular flexibility index (Phi) is 6.42. The van der Waals surface area contributed by atoms with Gasteiger partial charge in [0.05, 0.1) is 11.0 Å². The van der Waals surface area contributed by atoms with Gasteiger partial charge in [0, 0.05) is 43.9 Å². The van der Waals surface area contributed by atoms with Gasteiger partial charge in [0.25, 0.3) is 0 Å². The lowest BCUT2D eigenvalue weighted by molar-refractivity contribution is 0.669. The first-order valence-corrected chi connectivity index (χ1v) is 16.7. The second-order valence-corrected chi connectivity index (χ2v) is 12.4. The molecule has 0 atom stereocenters. The van der Waals surface area contributed by atoms with Crippen LogP contribution in [0.25, 0.3) is 94.7 Å². The number of hydrogen-bond acceptors (Lipinski definition) is 4. The van der Waals surface area contributed by atoms with Crippen LogP contribution in [0.15, 0.2) is 174 Å². The first-order chi connectivity index (χ1) is 24.8. The molecule has 50 heavy (non-hydrogen) atoms. The molecule has 0 saturated heterocycles. The van der Waals surface area contributed by atoms with E-state index < -0.39 is 0 Å². The molecule has 0 N–H and O–H groups in total. The third-order valence-electron chi connectivity index (χ3n) is 9.49. The summed E-state index contributed by atoms with van der Waals surface area (Å²) >= 11 is 0. The van der Waals surface area contributed by atoms with E-state index in [-0.39, 0.29) is 0 Å². The average molecular weight is 641 g/mol. The van der Waals surface area contributed by atoms with E-state index in [1.165, 1.54) is 21.8 Å². The molecule has 7 aromatic carbocycles. The smallest absolute Gasteiger partial charge is 0.164 e. The van der Waals surface area contributed by atoms with Crippen molar-refractivity contribution in [3.63, 3.8) is 0 Å². The van der Waals surface area contributed by atoms with Crippen LogP contribution >= 0.6 is 0 Å². The summed E-state index contributed by atoms with van der Waals surface area (Å²) in [6, 6.07) is 58.7. The maximum atomic E-state index is 6.19. The van der Waals surface area contributed by atoms with Gasteiger partial charge >= 0.3 is 0 Å². The highest BCUT2D eigenvalue weighted by atomic mass is 16.3. The third-order valence-corrected chi connectivity index (χ3v) is 9.49. The predicted octanol–water partition coefficient (Wildman–Crippen LogP) is 11.5. The number of aromatic nitrogens is 4. The summed E-state index contributed by atoms with van der Waals surface area (Å²) in [6.07, 6.45) is 0. The summed E-state index contributed by atoms with van der Waals surface area (Å²) in [7, 11) is 0. The number of para-hydroxylation sites is 3. The van der Waals surface area contributed by atoms with Gasteiger partial charge in [0.2, 0.25) is 0 Å². The Balaban J connectivity index is 1.04. The zero-order valence-corrected chi connectivity index (χ0v) is 26.9. The van der Waals surface area contributed by atoms with Gasteiger partial charge in [-0.05, 0) is 47.5 Å². The van der Waals surface area contributed by atoms with Gasteiger partial charge in [-0.1, -0.05) is 133 Å². The summed E-state index contributed by atoms with van der Waals surface area (Å²) < 4.78 is 8.53. The molecule has 10 rings (SSSR count). The van der Waals surface area contributed by atoms with Gasteiger partial charge in [-0.3, -0.25) is 0 Å². The van der Waals surface area contributed by atoms with Gasteiger partial charge in [0.1, 0.15) is 11.2 Å². The predicted molar refractivity (Wildman–Crippen MR) is 203 cm³/mol. The molecular formula is C45H28N4O. The molecule has 0 fully saturated rings. The molecule has 10 aromatic rings. The van der Waals surface area contributed by atoms with Crippen molar-refractivity contribution in [1.82, 2.24) is 19.5 Å². The zero-order valence-electron chi connectivity index (χ0n) is 26.9. The molecule has 0 aliphatic heterocycles. The molecule has 3 aromatic heterocycles. The molecule has 234 valence electrons. The Hall–Kier alpha value is -6.85. The van der Waals surface area contributed by atoms with Crippen LogP contribution in [0.3, 0.4) is 0 Å². The van der Waals surface area contributed by atoms with Gasteiger partial charge < -0.3 is 8.98 Å². The summed E-state index contributed by atoms with van der Waals surface area (Å²) in [4.78, 5) is 15.0. The number of fused-ring (bicyclic) bond motifs is 6. The molecule has 0 saturated carbocycles. The fraction of sp³-hybridized carbons (Fsp3) is 0. The Bertz CT molecular complexity index is 2800. The standard InChI is InChI=1S/C45H28N4O/c1-2-11-31(12-3-1)43-46-44(48-45(47-43)37-16-10-20-41-42(37)36-15-6-9-19-40(36)50-41)32-23-21-29(22-24-32)30-25-27-33(28-26-30)49-38-17-7-4-13-34(38)35-14-5-8-18-39(35)49/h1-28H. The molecular weight excluding hydrogens is 613 g/mol. The van der Waals surface area contributed by atoms with E-state index in [0.29, 0.717) is 17.5 Å². The Morgan fingerprint density at radius 1 is 0.360 bits per heavy atom. The highest BCUT2D eigenvalue weighted by Crippen LogP contribution is 2.37. The maximum absolute atomic E-state index is 6.19. The summed E-state index contributed by atoms with van der Waals surface area (Å²) in [5.41, 5.74) is 10.2. The van der Waals surface area contributed by atoms with Crippen LogP contribution in [0, 0.1) is 0 Å². The monoisotopic (exact) mass is 640 g/mol. The minimum Gasteiger partial charge on any atom is -0.456 e. The van der Waals surface area contributed by atoms with Gasteiger partial charge in [-0.15, -0.1) is 0 Å². The highest BCUT2D eigenvalue weighted by Gasteiger charge is 2.18. The van der Waals surface area contributed by atoms with E-state index in [4.69, 9.17) is 19.4 Å². The molecule has 0 aliphatic carbocycles. The van der Waals surface area contributed by atoms with Crippen molar-refractivity contribution in [2.75, 3.05) is 0 Å². The van der Waals surface area contributed by atoms with E-state index in [2.05, 4.69) is 114 Å². The fourth-order valence-corrected chi connectivity index (χ4v) is 7.12. The fourth-order valence-electron chi connectivity index (χ4n) is 7.12. The van der Waals surface area contributed by atoms with Crippen molar-refractivity contribution in [1.29, 1.82) is 0 Å². The first-order valence-electron chi connectivity index (χ1n) is 16.7. The van der Waals surface area contributed by atoms with Crippen molar-refractivity contribution in [3.8, 4) is 51.0 Å². The number of hydrogen-bond donors (Lipinski definition) is 0. The van der Waals surface area contributed by atoms with Crippen molar-refractivity contribution in [2.45, 2.75) is 0 Å². The van der Waals surface area contributed by atoms with Crippen LogP contribution in [-0.2, 0) is 0 Å². The lowest BCUT2D eigenvalue weighted by atomic mass is 10.0. The Morgan fingerprint density at radius 3 is 1.54 bits per heavy atom. The number of benzene rings is 7.